The van der Waals surface area contributed by atoms with Gasteiger partial charge in [-0.1, -0.05) is 34.8 Å². The fraction of sp³-hybridized carbons (Fsp3) is 0.143. The number of aromatic nitrogens is 1. The van der Waals surface area contributed by atoms with E-state index in [1.807, 2.05) is 6.07 Å². The molecule has 0 N–H and O–H groups in total. The molecule has 2 aromatic rings. The normalized spacial score (nSPS) is 11.3. The molecule has 0 bridgehead atoms. The second kappa shape index (κ2) is 6.33. The van der Waals surface area contributed by atoms with E-state index in [0.717, 1.165) is 6.07 Å². The van der Waals surface area contributed by atoms with Crippen LogP contribution in [0.15, 0.2) is 24.4 Å². The van der Waals surface area contributed by atoms with Gasteiger partial charge in [0.15, 0.2) is 0 Å². The molecule has 0 radical (unpaired) electrons. The number of halogens is 6. The van der Waals surface area contributed by atoms with Crippen molar-refractivity contribution in [3.8, 4) is 17.2 Å². The van der Waals surface area contributed by atoms with Crippen LogP contribution in [-0.2, 0) is 12.6 Å². The van der Waals surface area contributed by atoms with E-state index in [1.54, 1.807) is 0 Å². The second-order valence-corrected chi connectivity index (χ2v) is 5.50. The highest BCUT2D eigenvalue weighted by Crippen LogP contribution is 2.38. The lowest BCUT2D eigenvalue weighted by molar-refractivity contribution is -0.137. The maximum absolute atomic E-state index is 12.8. The predicted octanol–water partition coefficient (Wildman–Crippen LogP) is 5.79. The number of rotatable bonds is 2. The van der Waals surface area contributed by atoms with E-state index in [2.05, 4.69) is 4.98 Å². The van der Waals surface area contributed by atoms with Gasteiger partial charge in [0, 0.05) is 11.8 Å². The molecule has 0 aliphatic rings. The number of alkyl halides is 3. The van der Waals surface area contributed by atoms with Crippen LogP contribution in [0.2, 0.25) is 15.1 Å². The summed E-state index contributed by atoms with van der Waals surface area (Å²) in [6.45, 7) is 0. The fourth-order valence-corrected chi connectivity index (χ4v) is 2.42. The predicted molar refractivity (Wildman–Crippen MR) is 79.0 cm³/mol. The molecule has 2 rings (SSSR count). The molecule has 0 unspecified atom stereocenters. The van der Waals surface area contributed by atoms with Crippen LogP contribution in [0.25, 0.3) is 11.1 Å². The summed E-state index contributed by atoms with van der Waals surface area (Å²) in [5.74, 6) is 0. The zero-order chi connectivity index (χ0) is 16.5. The molecule has 0 aliphatic heterocycles. The molecule has 114 valence electrons. The topological polar surface area (TPSA) is 36.7 Å². The Hall–Kier alpha value is -1.48. The summed E-state index contributed by atoms with van der Waals surface area (Å²) in [4.78, 5) is 3.73. The van der Waals surface area contributed by atoms with Gasteiger partial charge >= 0.3 is 6.18 Å². The number of benzene rings is 1. The SMILES string of the molecule is N#CCc1ncc(C(F)(F)F)cc1-c1cc(Cl)c(Cl)c(Cl)c1. The largest absolute Gasteiger partial charge is 0.417 e. The summed E-state index contributed by atoms with van der Waals surface area (Å²) in [5.41, 5.74) is -0.281. The number of nitrogens with zero attached hydrogens (tertiary/aromatic N) is 2. The summed E-state index contributed by atoms with van der Waals surface area (Å²) in [7, 11) is 0. The monoisotopic (exact) mass is 364 g/mol. The van der Waals surface area contributed by atoms with Gasteiger partial charge in [0.2, 0.25) is 0 Å². The van der Waals surface area contributed by atoms with Crippen molar-refractivity contribution < 1.29 is 13.2 Å². The number of hydrogen-bond donors (Lipinski definition) is 0. The molecule has 2 nitrogen and oxygen atoms in total. The fourth-order valence-electron chi connectivity index (χ4n) is 1.82. The van der Waals surface area contributed by atoms with E-state index >= 15 is 0 Å². The molecule has 0 spiro atoms. The lowest BCUT2D eigenvalue weighted by Crippen LogP contribution is -2.07. The molecule has 0 aliphatic carbocycles. The highest BCUT2D eigenvalue weighted by Gasteiger charge is 2.32. The van der Waals surface area contributed by atoms with Gasteiger partial charge in [-0.2, -0.15) is 18.4 Å². The average molecular weight is 366 g/mol. The minimum Gasteiger partial charge on any atom is -0.259 e. The third kappa shape index (κ3) is 3.46. The Balaban J connectivity index is 2.69. The van der Waals surface area contributed by atoms with Crippen molar-refractivity contribution >= 4 is 34.8 Å². The Kier molecular flexibility index (Phi) is 4.86. The van der Waals surface area contributed by atoms with Crippen LogP contribution < -0.4 is 0 Å². The maximum atomic E-state index is 12.8. The van der Waals surface area contributed by atoms with Crippen LogP contribution in [0, 0.1) is 11.3 Å². The molecule has 22 heavy (non-hydrogen) atoms. The van der Waals surface area contributed by atoms with Gasteiger partial charge in [0.05, 0.1) is 38.8 Å². The first-order chi connectivity index (χ1) is 10.2. The van der Waals surface area contributed by atoms with Gasteiger partial charge in [-0.25, -0.2) is 0 Å². The Morgan fingerprint density at radius 3 is 2.18 bits per heavy atom. The molecule has 8 heteroatoms. The van der Waals surface area contributed by atoms with Crippen molar-refractivity contribution in [3.63, 3.8) is 0 Å². The van der Waals surface area contributed by atoms with E-state index in [9.17, 15) is 13.2 Å². The molecule has 1 aromatic carbocycles. The van der Waals surface area contributed by atoms with Gasteiger partial charge < -0.3 is 0 Å². The van der Waals surface area contributed by atoms with Gasteiger partial charge in [-0.05, 0) is 23.8 Å². The van der Waals surface area contributed by atoms with Gasteiger partial charge in [-0.3, -0.25) is 4.98 Å². The molecule has 0 atom stereocenters. The smallest absolute Gasteiger partial charge is 0.259 e. The summed E-state index contributed by atoms with van der Waals surface area (Å²) in [5, 5.41) is 9.10. The lowest BCUT2D eigenvalue weighted by Gasteiger charge is -2.13. The summed E-state index contributed by atoms with van der Waals surface area (Å²) in [6, 6.07) is 5.53. The van der Waals surface area contributed by atoms with Crippen LogP contribution >= 0.6 is 34.8 Å². The molecule has 0 amide bonds. The van der Waals surface area contributed by atoms with Crippen molar-refractivity contribution in [1.82, 2.24) is 4.98 Å². The van der Waals surface area contributed by atoms with E-state index in [4.69, 9.17) is 40.1 Å². The van der Waals surface area contributed by atoms with Gasteiger partial charge in [0.1, 0.15) is 0 Å². The first-order valence-electron chi connectivity index (χ1n) is 5.82. The first-order valence-corrected chi connectivity index (χ1v) is 6.95. The maximum Gasteiger partial charge on any atom is 0.417 e. The highest BCUT2D eigenvalue weighted by atomic mass is 35.5. The lowest BCUT2D eigenvalue weighted by atomic mass is 10.0. The molecule has 1 aromatic heterocycles. The van der Waals surface area contributed by atoms with Crippen molar-refractivity contribution in [3.05, 3.63) is 50.7 Å². The van der Waals surface area contributed by atoms with Crippen molar-refractivity contribution in [2.75, 3.05) is 0 Å². The van der Waals surface area contributed by atoms with Crippen molar-refractivity contribution in [2.24, 2.45) is 0 Å². The number of hydrogen-bond acceptors (Lipinski definition) is 2. The van der Waals surface area contributed by atoms with Gasteiger partial charge in [0.25, 0.3) is 0 Å². The standard InChI is InChI=1S/C14H6Cl3F3N2/c15-10-3-7(4-11(16)13(10)17)9-5-8(14(18,19)20)6-22-12(9)1-2-21/h3-6H,1H2. The Bertz CT molecular complexity index is 744. The van der Waals surface area contributed by atoms with Crippen LogP contribution in [0.4, 0.5) is 13.2 Å². The van der Waals surface area contributed by atoms with Crippen LogP contribution in [0.5, 0.6) is 0 Å². The van der Waals surface area contributed by atoms with Crippen LogP contribution in [0.1, 0.15) is 11.3 Å². The Morgan fingerprint density at radius 2 is 1.68 bits per heavy atom. The van der Waals surface area contributed by atoms with Gasteiger partial charge in [-0.15, -0.1) is 0 Å². The van der Waals surface area contributed by atoms with Crippen LogP contribution in [-0.4, -0.2) is 4.98 Å². The quantitative estimate of drug-likeness (QED) is 0.631. The van der Waals surface area contributed by atoms with Crippen molar-refractivity contribution in [1.29, 1.82) is 5.26 Å². The van der Waals surface area contributed by atoms with Crippen LogP contribution in [0.3, 0.4) is 0 Å². The first kappa shape index (κ1) is 16.9. The van der Waals surface area contributed by atoms with E-state index in [0.29, 0.717) is 11.8 Å². The Morgan fingerprint density at radius 1 is 1.09 bits per heavy atom. The molecular weight excluding hydrogens is 360 g/mol. The summed E-state index contributed by atoms with van der Waals surface area (Å²) < 4.78 is 38.5. The summed E-state index contributed by atoms with van der Waals surface area (Å²) >= 11 is 17.6. The molecule has 1 heterocycles. The molecular formula is C14H6Cl3F3N2. The second-order valence-electron chi connectivity index (χ2n) is 4.30. The molecule has 0 saturated carbocycles. The zero-order valence-corrected chi connectivity index (χ0v) is 12.9. The average Bonchev–Trinajstić information content (AvgIpc) is 2.44. The third-order valence-electron chi connectivity index (χ3n) is 2.84. The molecule has 0 saturated heterocycles. The van der Waals surface area contributed by atoms with E-state index in [1.165, 1.54) is 12.1 Å². The summed E-state index contributed by atoms with van der Waals surface area (Å²) in [6.07, 6.45) is -4.01. The zero-order valence-electron chi connectivity index (χ0n) is 10.7. The highest BCUT2D eigenvalue weighted by molar-refractivity contribution is 6.48. The number of nitriles is 1. The third-order valence-corrected chi connectivity index (χ3v) is 4.04. The van der Waals surface area contributed by atoms with Crippen molar-refractivity contribution in [2.45, 2.75) is 12.6 Å². The Labute approximate surface area is 139 Å². The van der Waals surface area contributed by atoms with E-state index < -0.39 is 11.7 Å². The minimum absolute atomic E-state index is 0.101. The minimum atomic E-state index is -4.55. The molecule has 0 fully saturated rings. The number of pyridine rings is 1. The van der Waals surface area contributed by atoms with E-state index in [-0.39, 0.29) is 32.7 Å².